The van der Waals surface area contributed by atoms with E-state index in [1.54, 1.807) is 4.90 Å². The summed E-state index contributed by atoms with van der Waals surface area (Å²) in [6.07, 6.45) is 4.75. The summed E-state index contributed by atoms with van der Waals surface area (Å²) in [5.74, 6) is 0.923. The van der Waals surface area contributed by atoms with Crippen molar-refractivity contribution in [1.82, 2.24) is 20.0 Å². The van der Waals surface area contributed by atoms with E-state index < -0.39 is 5.67 Å². The largest absolute Gasteiger partial charge is 0.476 e. The zero-order chi connectivity index (χ0) is 24.8. The molecule has 0 aliphatic carbocycles. The van der Waals surface area contributed by atoms with E-state index in [4.69, 9.17) is 10.5 Å². The number of ether oxygens (including phenoxy) is 1. The predicted molar refractivity (Wildman–Crippen MR) is 135 cm³/mol. The van der Waals surface area contributed by atoms with Crippen LogP contribution in [0.3, 0.4) is 0 Å². The first-order valence-corrected chi connectivity index (χ1v) is 13.0. The second-order valence-electron chi connectivity index (χ2n) is 9.93. The van der Waals surface area contributed by atoms with Gasteiger partial charge in [0.15, 0.2) is 0 Å². The maximum Gasteiger partial charge on any atom is 0.255 e. The molecule has 1 aromatic heterocycles. The zero-order valence-electron chi connectivity index (χ0n) is 21.0. The third kappa shape index (κ3) is 6.35. The molecule has 1 amide bonds. The third-order valence-corrected chi connectivity index (χ3v) is 7.58. The van der Waals surface area contributed by atoms with Crippen molar-refractivity contribution in [3.8, 4) is 17.1 Å². The Labute approximate surface area is 207 Å². The van der Waals surface area contributed by atoms with Crippen LogP contribution < -0.4 is 10.5 Å². The van der Waals surface area contributed by atoms with Crippen LogP contribution >= 0.6 is 0 Å². The van der Waals surface area contributed by atoms with Crippen LogP contribution in [0.15, 0.2) is 36.4 Å². The van der Waals surface area contributed by atoms with Gasteiger partial charge >= 0.3 is 0 Å². The lowest BCUT2D eigenvalue weighted by Crippen LogP contribution is -2.44. The molecule has 2 saturated heterocycles. The van der Waals surface area contributed by atoms with Gasteiger partial charge in [0.2, 0.25) is 5.88 Å². The van der Waals surface area contributed by atoms with Gasteiger partial charge in [-0.2, -0.15) is 0 Å². The zero-order valence-corrected chi connectivity index (χ0v) is 21.0. The average molecular weight is 484 g/mol. The molecule has 1 aromatic carbocycles. The van der Waals surface area contributed by atoms with Crippen LogP contribution in [0.1, 0.15) is 62.7 Å². The number of carbonyl (C=O) groups is 1. The van der Waals surface area contributed by atoms with Crippen molar-refractivity contribution in [2.24, 2.45) is 11.7 Å². The SMILES string of the molecule is CCC(F)(CC)CN1CCC(COc2ccc(-c3ccc(C(=O)N4CCCC4N)cc3)nn2)CC1. The van der Waals surface area contributed by atoms with E-state index in [0.29, 0.717) is 49.9 Å². The summed E-state index contributed by atoms with van der Waals surface area (Å²) in [4.78, 5) is 16.6. The number of carbonyl (C=O) groups excluding carboxylic acids is 1. The number of halogens is 1. The van der Waals surface area contributed by atoms with Crippen LogP contribution in [-0.2, 0) is 0 Å². The van der Waals surface area contributed by atoms with Gasteiger partial charge in [0.1, 0.15) is 5.67 Å². The normalized spacial score (nSPS) is 19.8. The van der Waals surface area contributed by atoms with Gasteiger partial charge in [-0.25, -0.2) is 4.39 Å². The number of aromatic nitrogens is 2. The first-order chi connectivity index (χ1) is 16.9. The van der Waals surface area contributed by atoms with Crippen molar-refractivity contribution in [1.29, 1.82) is 0 Å². The standard InChI is InChI=1S/C27H38FN5O2/c1-3-27(28,4-2)19-32-16-13-20(14-17-32)18-35-25-12-11-23(30-31-25)21-7-9-22(10-8-21)26(34)33-15-5-6-24(33)29/h7-12,20,24H,3-6,13-19,29H2,1-2H3. The molecule has 190 valence electrons. The molecule has 7 nitrogen and oxygen atoms in total. The Bertz CT molecular complexity index is 957. The predicted octanol–water partition coefficient (Wildman–Crippen LogP) is 4.28. The highest BCUT2D eigenvalue weighted by Gasteiger charge is 2.30. The van der Waals surface area contributed by atoms with E-state index in [0.717, 1.165) is 50.0 Å². The number of nitrogens with zero attached hydrogens (tertiary/aromatic N) is 4. The molecule has 4 rings (SSSR count). The van der Waals surface area contributed by atoms with Crippen molar-refractivity contribution in [2.45, 2.75) is 64.2 Å². The van der Waals surface area contributed by atoms with Gasteiger partial charge < -0.3 is 20.3 Å². The maximum absolute atomic E-state index is 14.7. The second kappa shape index (κ2) is 11.4. The van der Waals surface area contributed by atoms with E-state index in [2.05, 4.69) is 15.1 Å². The maximum atomic E-state index is 14.7. The minimum atomic E-state index is -1.07. The van der Waals surface area contributed by atoms with Crippen molar-refractivity contribution >= 4 is 5.91 Å². The Morgan fingerprint density at radius 3 is 2.34 bits per heavy atom. The minimum Gasteiger partial charge on any atom is -0.476 e. The van der Waals surface area contributed by atoms with Gasteiger partial charge in [-0.05, 0) is 75.7 Å². The van der Waals surface area contributed by atoms with Crippen LogP contribution in [0.2, 0.25) is 0 Å². The molecule has 1 unspecified atom stereocenters. The number of benzene rings is 1. The van der Waals surface area contributed by atoms with Gasteiger partial charge in [-0.15, -0.1) is 10.2 Å². The lowest BCUT2D eigenvalue weighted by atomic mass is 9.94. The van der Waals surface area contributed by atoms with E-state index >= 15 is 0 Å². The summed E-state index contributed by atoms with van der Waals surface area (Å²) in [6.45, 7) is 7.51. The van der Waals surface area contributed by atoms with Crippen LogP contribution in [0.4, 0.5) is 4.39 Å². The second-order valence-corrected chi connectivity index (χ2v) is 9.93. The van der Waals surface area contributed by atoms with E-state index in [1.165, 1.54) is 0 Å². The molecule has 0 bridgehead atoms. The average Bonchev–Trinajstić information content (AvgIpc) is 3.34. The first-order valence-electron chi connectivity index (χ1n) is 13.0. The summed E-state index contributed by atoms with van der Waals surface area (Å²) in [5, 5.41) is 8.54. The van der Waals surface area contributed by atoms with Gasteiger partial charge in [0.25, 0.3) is 5.91 Å². The molecular weight excluding hydrogens is 445 g/mol. The van der Waals surface area contributed by atoms with E-state index in [9.17, 15) is 9.18 Å². The molecule has 2 aromatic rings. The summed E-state index contributed by atoms with van der Waals surface area (Å²) in [6, 6.07) is 11.1. The highest BCUT2D eigenvalue weighted by molar-refractivity contribution is 5.95. The van der Waals surface area contributed by atoms with Crippen LogP contribution in [0.25, 0.3) is 11.3 Å². The van der Waals surface area contributed by atoms with Crippen molar-refractivity contribution in [3.05, 3.63) is 42.0 Å². The van der Waals surface area contributed by atoms with Crippen LogP contribution in [-0.4, -0.2) is 70.5 Å². The molecule has 2 aliphatic heterocycles. The highest BCUT2D eigenvalue weighted by atomic mass is 19.1. The third-order valence-electron chi connectivity index (χ3n) is 7.58. The Morgan fingerprint density at radius 2 is 1.77 bits per heavy atom. The van der Waals surface area contributed by atoms with Gasteiger partial charge in [0, 0.05) is 30.3 Å². The van der Waals surface area contributed by atoms with E-state index in [1.807, 2.05) is 50.2 Å². The first kappa shape index (κ1) is 25.5. The fourth-order valence-electron chi connectivity index (χ4n) is 4.93. The lowest BCUT2D eigenvalue weighted by Gasteiger charge is -2.36. The molecule has 1 atom stereocenters. The van der Waals surface area contributed by atoms with Crippen molar-refractivity contribution < 1.29 is 13.9 Å². The molecule has 2 N–H and O–H groups in total. The number of piperidine rings is 1. The number of nitrogens with two attached hydrogens (primary N) is 1. The Morgan fingerprint density at radius 1 is 1.06 bits per heavy atom. The van der Waals surface area contributed by atoms with Gasteiger partial charge in [-0.3, -0.25) is 4.79 Å². The molecule has 2 fully saturated rings. The molecule has 8 heteroatoms. The van der Waals surface area contributed by atoms with Crippen molar-refractivity contribution in [3.63, 3.8) is 0 Å². The minimum absolute atomic E-state index is 0.0260. The number of likely N-dealkylation sites (tertiary alicyclic amines) is 2. The quantitative estimate of drug-likeness (QED) is 0.573. The fourth-order valence-corrected chi connectivity index (χ4v) is 4.93. The monoisotopic (exact) mass is 483 g/mol. The van der Waals surface area contributed by atoms with Crippen LogP contribution in [0, 0.1) is 5.92 Å². The molecular formula is C27H38FN5O2. The number of amides is 1. The Balaban J connectivity index is 1.25. The number of rotatable bonds is 9. The molecule has 35 heavy (non-hydrogen) atoms. The van der Waals surface area contributed by atoms with Crippen molar-refractivity contribution in [2.75, 3.05) is 32.8 Å². The van der Waals surface area contributed by atoms with Gasteiger partial charge in [-0.1, -0.05) is 26.0 Å². The molecule has 2 aliphatic rings. The number of hydrogen-bond acceptors (Lipinski definition) is 6. The van der Waals surface area contributed by atoms with E-state index in [-0.39, 0.29) is 12.1 Å². The molecule has 0 saturated carbocycles. The molecule has 0 radical (unpaired) electrons. The Hall–Kier alpha value is -2.58. The molecule has 3 heterocycles. The topological polar surface area (TPSA) is 84.6 Å². The summed E-state index contributed by atoms with van der Waals surface area (Å²) < 4.78 is 20.6. The molecule has 0 spiro atoms. The number of hydrogen-bond donors (Lipinski definition) is 1. The fraction of sp³-hybridized carbons (Fsp3) is 0.593. The smallest absolute Gasteiger partial charge is 0.255 e. The highest BCUT2D eigenvalue weighted by Crippen LogP contribution is 2.26. The number of alkyl halides is 1. The lowest BCUT2D eigenvalue weighted by molar-refractivity contribution is 0.0564. The Kier molecular flexibility index (Phi) is 8.34. The summed E-state index contributed by atoms with van der Waals surface area (Å²) in [5.41, 5.74) is 7.20. The van der Waals surface area contributed by atoms with Gasteiger partial charge in [0.05, 0.1) is 18.5 Å². The summed E-state index contributed by atoms with van der Waals surface area (Å²) >= 11 is 0. The van der Waals surface area contributed by atoms with Crippen LogP contribution in [0.5, 0.6) is 5.88 Å². The summed E-state index contributed by atoms with van der Waals surface area (Å²) in [7, 11) is 0.